The molecule has 3 rings (SSSR count). The molecule has 4 N–H and O–H groups in total. The molecule has 2 aromatic heterocycles. The van der Waals surface area contributed by atoms with Gasteiger partial charge in [-0.2, -0.15) is 9.97 Å². The Morgan fingerprint density at radius 3 is 2.74 bits per heavy atom. The van der Waals surface area contributed by atoms with Crippen molar-refractivity contribution in [3.63, 3.8) is 0 Å². The molecule has 34 heavy (non-hydrogen) atoms. The van der Waals surface area contributed by atoms with Gasteiger partial charge in [0.25, 0.3) is 0 Å². The van der Waals surface area contributed by atoms with Crippen LogP contribution >= 0.6 is 7.95 Å². The van der Waals surface area contributed by atoms with E-state index in [1.54, 1.807) is 52.1 Å². The van der Waals surface area contributed by atoms with E-state index >= 15 is 0 Å². The molecule has 0 aliphatic heterocycles. The highest BCUT2D eigenvalue weighted by Crippen LogP contribution is 2.20. The molecule has 0 spiro atoms. The summed E-state index contributed by atoms with van der Waals surface area (Å²) in [5.41, 5.74) is 6.82. The molecule has 3 aromatic rings. The molecule has 2 unspecified atom stereocenters. The maximum absolute atomic E-state index is 12.8. The molecule has 182 valence electrons. The summed E-state index contributed by atoms with van der Waals surface area (Å²) in [7, 11) is -0.544. The van der Waals surface area contributed by atoms with Crippen molar-refractivity contribution < 1.29 is 23.6 Å². The minimum absolute atomic E-state index is 0.0260. The lowest BCUT2D eigenvalue weighted by Crippen LogP contribution is -2.33. The van der Waals surface area contributed by atoms with Crippen LogP contribution in [0.15, 0.2) is 29.1 Å². The molecule has 13 heteroatoms. The third-order valence-electron chi connectivity index (χ3n) is 4.65. The summed E-state index contributed by atoms with van der Waals surface area (Å²) >= 11 is 0. The number of nitrogens with zero attached hydrogens (tertiary/aromatic N) is 3. The average molecular weight is 491 g/mol. The normalized spacial score (nSPS) is 12.7. The van der Waals surface area contributed by atoms with Crippen molar-refractivity contribution >= 4 is 36.2 Å². The largest absolute Gasteiger partial charge is 0.472 e. The second kappa shape index (κ2) is 11.2. The van der Waals surface area contributed by atoms with Gasteiger partial charge in [0.2, 0.25) is 5.30 Å². The number of nitrogen functional groups attached to an aromatic ring is 1. The second-order valence-electron chi connectivity index (χ2n) is 7.75. The predicted octanol–water partition coefficient (Wildman–Crippen LogP) is 1.07. The Balaban J connectivity index is 1.82. The first-order valence-corrected chi connectivity index (χ1v) is 11.9. The predicted molar refractivity (Wildman–Crippen MR) is 127 cm³/mol. The van der Waals surface area contributed by atoms with Crippen LogP contribution in [0.1, 0.15) is 26.3 Å². The maximum atomic E-state index is 12.8. The van der Waals surface area contributed by atoms with Crippen LogP contribution in [-0.2, 0) is 25.4 Å². The van der Waals surface area contributed by atoms with Crippen molar-refractivity contribution in [3.8, 4) is 6.01 Å². The van der Waals surface area contributed by atoms with E-state index in [0.717, 1.165) is 0 Å². The molecule has 0 amide bonds. The zero-order valence-corrected chi connectivity index (χ0v) is 20.3. The van der Waals surface area contributed by atoms with Crippen LogP contribution in [0.2, 0.25) is 0 Å². The number of nitrogens with two attached hydrogens (primary N) is 1. The van der Waals surface area contributed by atoms with Crippen molar-refractivity contribution in [3.05, 3.63) is 40.3 Å². The Bertz CT molecular complexity index is 1240. The highest BCUT2D eigenvalue weighted by atomic mass is 31.1. The van der Waals surface area contributed by atoms with E-state index in [4.69, 9.17) is 19.9 Å². The summed E-state index contributed by atoms with van der Waals surface area (Å²) < 4.78 is 29.7. The number of anilines is 1. The van der Waals surface area contributed by atoms with Crippen molar-refractivity contribution in [2.24, 2.45) is 0 Å². The Kier molecular flexibility index (Phi) is 8.32. The van der Waals surface area contributed by atoms with E-state index < -0.39 is 25.7 Å². The number of hydrogen-bond acceptors (Lipinski definition) is 9. The number of ether oxygens (including phenoxy) is 3. The number of aromatic amines is 1. The van der Waals surface area contributed by atoms with Gasteiger partial charge in [-0.15, -0.1) is 0 Å². The van der Waals surface area contributed by atoms with Crippen molar-refractivity contribution in [1.82, 2.24) is 24.6 Å². The SMILES string of the molecule is COCCOc1nc(N)c2[nH]c(=O)n(Cc3cccc([P+](=O)NC(C)C(=O)OC(C)C)c3)c2n1. The third kappa shape index (κ3) is 6.16. The lowest BCUT2D eigenvalue weighted by molar-refractivity contribution is -0.148. The fraction of sp³-hybridized carbons (Fsp3) is 0.429. The molecule has 2 atom stereocenters. The van der Waals surface area contributed by atoms with Crippen LogP contribution in [0.25, 0.3) is 11.2 Å². The standard InChI is InChI=1S/C21H27N6O6P/c1-12(2)33-19(28)13(3)26-34(30)15-7-5-6-14(10-15)11-27-18-16(23-21(27)29)17(22)24-20(25-18)32-9-8-31-4/h5-7,10,12-13H,8-9,11H2,1-4H3,(H3-,22,23,24,25,26,29,30)/p+1. The van der Waals surface area contributed by atoms with E-state index in [9.17, 15) is 14.2 Å². The fourth-order valence-corrected chi connectivity index (χ4v) is 4.17. The number of nitrogens with one attached hydrogen (secondary N) is 2. The molecule has 2 heterocycles. The van der Waals surface area contributed by atoms with Crippen molar-refractivity contribution in [2.45, 2.75) is 39.5 Å². The van der Waals surface area contributed by atoms with Crippen LogP contribution in [0, 0.1) is 0 Å². The van der Waals surface area contributed by atoms with Gasteiger partial charge >= 0.3 is 25.6 Å². The minimum Gasteiger partial charge on any atom is -0.462 e. The Morgan fingerprint density at radius 1 is 1.26 bits per heavy atom. The first-order valence-electron chi connectivity index (χ1n) is 10.6. The van der Waals surface area contributed by atoms with E-state index in [2.05, 4.69) is 20.0 Å². The Labute approximate surface area is 196 Å². The van der Waals surface area contributed by atoms with Gasteiger partial charge in [0.1, 0.15) is 18.2 Å². The van der Waals surface area contributed by atoms with E-state index in [1.807, 2.05) is 0 Å². The van der Waals surface area contributed by atoms with Crippen LogP contribution in [0.4, 0.5) is 5.82 Å². The highest BCUT2D eigenvalue weighted by Gasteiger charge is 2.28. The summed E-state index contributed by atoms with van der Waals surface area (Å²) in [5, 5.41) is 3.24. The number of hydrogen-bond donors (Lipinski definition) is 3. The number of methoxy groups -OCH3 is 1. The third-order valence-corrected chi connectivity index (χ3v) is 6.02. The van der Waals surface area contributed by atoms with Crippen LogP contribution in [0.3, 0.4) is 0 Å². The monoisotopic (exact) mass is 491 g/mol. The second-order valence-corrected chi connectivity index (χ2v) is 9.11. The summed E-state index contributed by atoms with van der Waals surface area (Å²) in [6, 6.07) is 6.15. The molecule has 0 aliphatic carbocycles. The van der Waals surface area contributed by atoms with E-state index in [0.29, 0.717) is 23.0 Å². The first kappa shape index (κ1) is 25.3. The van der Waals surface area contributed by atoms with E-state index in [1.165, 1.54) is 4.57 Å². The van der Waals surface area contributed by atoms with Crippen molar-refractivity contribution in [2.75, 3.05) is 26.1 Å². The number of rotatable bonds is 11. The van der Waals surface area contributed by atoms with Gasteiger partial charge in [0.05, 0.1) is 19.3 Å². The van der Waals surface area contributed by atoms with Gasteiger partial charge in [0, 0.05) is 7.11 Å². The summed E-state index contributed by atoms with van der Waals surface area (Å²) in [5.74, 6) is -0.405. The number of benzene rings is 1. The van der Waals surface area contributed by atoms with Crippen LogP contribution < -0.4 is 26.6 Å². The molecule has 0 saturated carbocycles. The van der Waals surface area contributed by atoms with Gasteiger partial charge in [-0.25, -0.2) is 4.79 Å². The highest BCUT2D eigenvalue weighted by molar-refractivity contribution is 7.51. The Hall–Kier alpha value is -3.34. The summed E-state index contributed by atoms with van der Waals surface area (Å²) in [6.45, 7) is 5.77. The van der Waals surface area contributed by atoms with Gasteiger partial charge in [-0.3, -0.25) is 9.36 Å². The van der Waals surface area contributed by atoms with Gasteiger partial charge in [-0.05, 0) is 43.0 Å². The zero-order valence-electron chi connectivity index (χ0n) is 19.4. The van der Waals surface area contributed by atoms with Gasteiger partial charge in [-0.1, -0.05) is 17.2 Å². The van der Waals surface area contributed by atoms with E-state index in [-0.39, 0.29) is 36.7 Å². The lowest BCUT2D eigenvalue weighted by atomic mass is 10.2. The Morgan fingerprint density at radius 2 is 2.03 bits per heavy atom. The number of carbonyl (C=O) groups is 1. The molecule has 0 bridgehead atoms. The quantitative estimate of drug-likeness (QED) is 0.201. The molecule has 0 aliphatic rings. The van der Waals surface area contributed by atoms with Gasteiger partial charge in [0.15, 0.2) is 11.5 Å². The summed E-state index contributed by atoms with van der Waals surface area (Å²) in [6.07, 6.45) is -0.267. The number of H-pyrrole nitrogens is 1. The van der Waals surface area contributed by atoms with Crippen molar-refractivity contribution in [1.29, 1.82) is 0 Å². The van der Waals surface area contributed by atoms with Gasteiger partial charge < -0.3 is 24.9 Å². The zero-order chi connectivity index (χ0) is 24.8. The number of fused-ring (bicyclic) bond motifs is 1. The minimum atomic E-state index is -2.09. The average Bonchev–Trinajstić information content (AvgIpc) is 3.09. The molecule has 0 saturated heterocycles. The van der Waals surface area contributed by atoms with Crippen LogP contribution in [-0.4, -0.2) is 58.0 Å². The first-order chi connectivity index (χ1) is 16.2. The fourth-order valence-electron chi connectivity index (χ4n) is 3.06. The molecule has 1 aromatic carbocycles. The molecular formula is C21H28N6O6P+. The van der Waals surface area contributed by atoms with Crippen LogP contribution in [0.5, 0.6) is 6.01 Å². The number of esters is 1. The smallest absolute Gasteiger partial charge is 0.462 e. The number of aromatic nitrogens is 4. The molecular weight excluding hydrogens is 463 g/mol. The number of carbonyl (C=O) groups excluding carboxylic acids is 1. The number of imidazole rings is 1. The molecule has 0 fully saturated rings. The summed E-state index contributed by atoms with van der Waals surface area (Å²) in [4.78, 5) is 35.6. The lowest BCUT2D eigenvalue weighted by Gasteiger charge is -2.10. The molecule has 12 nitrogen and oxygen atoms in total. The maximum Gasteiger partial charge on any atom is 0.472 e. The topological polar surface area (TPSA) is 163 Å². The molecule has 0 radical (unpaired) electrons.